The van der Waals surface area contributed by atoms with Crippen LogP contribution in [0.2, 0.25) is 0 Å². The number of halogens is 5. The van der Waals surface area contributed by atoms with Crippen LogP contribution in [0.15, 0.2) is 39.3 Å². The fourth-order valence-corrected chi connectivity index (χ4v) is 4.78. The van der Waals surface area contributed by atoms with Crippen LogP contribution in [0.4, 0.5) is 14.5 Å². The van der Waals surface area contributed by atoms with Crippen LogP contribution in [-0.4, -0.2) is 4.98 Å². The monoisotopic (exact) mass is 563 g/mol. The lowest BCUT2D eigenvalue weighted by atomic mass is 9.71. The molecule has 1 aromatic heterocycles. The van der Waals surface area contributed by atoms with E-state index in [0.29, 0.717) is 21.5 Å². The third-order valence-electron chi connectivity index (χ3n) is 5.52. The fraction of sp³-hybridized carbons (Fsp3) is 0.364. The number of rotatable bonds is 1. The molecule has 3 nitrogen and oxygen atoms in total. The van der Waals surface area contributed by atoms with E-state index in [1.807, 2.05) is 0 Å². The molecule has 0 spiro atoms. The second-order valence-corrected chi connectivity index (χ2v) is 10.2. The molecule has 0 aliphatic heterocycles. The Morgan fingerprint density at radius 3 is 2.33 bits per heavy atom. The molecule has 2 aromatic carbocycles. The summed E-state index contributed by atoms with van der Waals surface area (Å²) in [6.07, 6.45) is 3.33. The maximum atomic E-state index is 13.6. The molecule has 164 valence electrons. The number of aromatic nitrogens is 1. The van der Waals surface area contributed by atoms with Crippen molar-refractivity contribution in [3.05, 3.63) is 62.2 Å². The summed E-state index contributed by atoms with van der Waals surface area (Å²) in [4.78, 5) is 3.47. The van der Waals surface area contributed by atoms with E-state index in [-0.39, 0.29) is 24.0 Å². The highest BCUT2D eigenvalue weighted by molar-refractivity contribution is 9.11. The molecular weight excluding hydrogens is 540 g/mol. The van der Waals surface area contributed by atoms with Gasteiger partial charge in [-0.3, -0.25) is 5.84 Å². The quantitative estimate of drug-likeness (QED) is 0.211. The molecule has 4 N–H and O–H groups in total. The first-order chi connectivity index (χ1) is 13.6. The van der Waals surface area contributed by atoms with Gasteiger partial charge in [0.05, 0.1) is 11.2 Å². The van der Waals surface area contributed by atoms with Crippen molar-refractivity contribution in [1.29, 1.82) is 0 Å². The molecule has 1 aliphatic carbocycles. The predicted molar refractivity (Wildman–Crippen MR) is 130 cm³/mol. The van der Waals surface area contributed by atoms with Crippen LogP contribution in [0, 0.1) is 23.0 Å². The Balaban J connectivity index is 0.000000249. The number of fused-ring (bicyclic) bond motifs is 3. The number of H-pyrrole nitrogens is 1. The average molecular weight is 566 g/mol. The Bertz CT molecular complexity index is 1030. The predicted octanol–water partition coefficient (Wildman–Crippen LogP) is 7.52. The van der Waals surface area contributed by atoms with Crippen molar-refractivity contribution >= 4 is 60.9 Å². The van der Waals surface area contributed by atoms with Gasteiger partial charge < -0.3 is 10.4 Å². The van der Waals surface area contributed by atoms with Crippen LogP contribution in [0.1, 0.15) is 38.4 Å². The minimum absolute atomic E-state index is 0. The molecule has 0 amide bonds. The molecule has 0 radical (unpaired) electrons. The third-order valence-corrected chi connectivity index (χ3v) is 6.81. The van der Waals surface area contributed by atoms with Gasteiger partial charge >= 0.3 is 0 Å². The highest BCUT2D eigenvalue weighted by atomic mass is 79.9. The lowest BCUT2D eigenvalue weighted by molar-refractivity contribution is 0.216. The first-order valence-corrected chi connectivity index (χ1v) is 11.1. The summed E-state index contributed by atoms with van der Waals surface area (Å²) in [6, 6.07) is 7.43. The summed E-state index contributed by atoms with van der Waals surface area (Å²) in [7, 11) is 0. The molecule has 0 fully saturated rings. The number of anilines is 1. The van der Waals surface area contributed by atoms with E-state index >= 15 is 0 Å². The van der Waals surface area contributed by atoms with Crippen molar-refractivity contribution in [3.63, 3.8) is 0 Å². The van der Waals surface area contributed by atoms with Gasteiger partial charge in [-0.25, -0.2) is 8.78 Å². The Hall–Kier alpha value is -1.15. The molecule has 0 saturated heterocycles. The van der Waals surface area contributed by atoms with Crippen molar-refractivity contribution in [2.45, 2.75) is 40.0 Å². The van der Waals surface area contributed by atoms with E-state index in [1.165, 1.54) is 35.9 Å². The summed E-state index contributed by atoms with van der Waals surface area (Å²) in [5.74, 6) is 5.31. The van der Waals surface area contributed by atoms with Crippen LogP contribution in [0.5, 0.6) is 0 Å². The number of nitrogens with two attached hydrogens (primary N) is 1. The highest BCUT2D eigenvalue weighted by Gasteiger charge is 2.30. The van der Waals surface area contributed by atoms with Crippen molar-refractivity contribution in [3.8, 4) is 0 Å². The number of nitrogen functional groups attached to an aromatic ring is 1. The Morgan fingerprint density at radius 2 is 1.73 bits per heavy atom. The minimum atomic E-state index is -0.286. The number of aromatic amines is 1. The highest BCUT2D eigenvalue weighted by Crippen LogP contribution is 2.41. The molecule has 8 heteroatoms. The SMILES string of the molecule is CC(C)(C)C1CCc2[nH]c3c(Br)cc(F)cc3c2C1.Cl.NNc1ccc(F)cc1Br. The first kappa shape index (κ1) is 25.1. The van der Waals surface area contributed by atoms with Gasteiger partial charge in [0.2, 0.25) is 0 Å². The van der Waals surface area contributed by atoms with E-state index in [1.54, 1.807) is 12.1 Å². The zero-order chi connectivity index (χ0) is 21.3. The van der Waals surface area contributed by atoms with E-state index in [2.05, 4.69) is 63.0 Å². The zero-order valence-corrected chi connectivity index (χ0v) is 21.1. The van der Waals surface area contributed by atoms with E-state index in [9.17, 15) is 8.78 Å². The van der Waals surface area contributed by atoms with Crippen molar-refractivity contribution in [2.24, 2.45) is 17.2 Å². The zero-order valence-electron chi connectivity index (χ0n) is 17.1. The Morgan fingerprint density at radius 1 is 1.07 bits per heavy atom. The maximum Gasteiger partial charge on any atom is 0.125 e. The van der Waals surface area contributed by atoms with Crippen molar-refractivity contribution < 1.29 is 8.78 Å². The van der Waals surface area contributed by atoms with Gasteiger partial charge in [0.1, 0.15) is 11.6 Å². The summed E-state index contributed by atoms with van der Waals surface area (Å²) in [5.41, 5.74) is 7.04. The van der Waals surface area contributed by atoms with Gasteiger partial charge in [-0.15, -0.1) is 12.4 Å². The van der Waals surface area contributed by atoms with E-state index < -0.39 is 0 Å². The smallest absolute Gasteiger partial charge is 0.125 e. The largest absolute Gasteiger partial charge is 0.357 e. The lowest BCUT2D eigenvalue weighted by Gasteiger charge is -2.34. The number of benzene rings is 2. The summed E-state index contributed by atoms with van der Waals surface area (Å²) in [6.45, 7) is 6.90. The molecule has 1 aliphatic rings. The van der Waals surface area contributed by atoms with E-state index in [0.717, 1.165) is 28.2 Å². The molecule has 30 heavy (non-hydrogen) atoms. The molecule has 3 aromatic rings. The van der Waals surface area contributed by atoms with Crippen LogP contribution < -0.4 is 11.3 Å². The number of hydrogen-bond acceptors (Lipinski definition) is 2. The molecular formula is C22H26Br2ClF2N3. The lowest BCUT2D eigenvalue weighted by Crippen LogP contribution is -2.26. The topological polar surface area (TPSA) is 53.8 Å². The maximum absolute atomic E-state index is 13.6. The fourth-order valence-electron chi connectivity index (χ4n) is 3.79. The number of nitrogens with one attached hydrogen (secondary N) is 2. The molecule has 0 bridgehead atoms. The van der Waals surface area contributed by atoms with Gasteiger partial charge in [0.25, 0.3) is 0 Å². The standard InChI is InChI=1S/C16H19BrFN.C6H6BrFN2.ClH/c1-16(2,3)9-4-5-14-11(6-9)12-7-10(18)8-13(17)15(12)19-14;7-5-3-4(8)1-2-6(5)10-9;/h7-9,19H,4-6H2,1-3H3;1-3,10H,9H2;1H. The van der Waals surface area contributed by atoms with Crippen LogP contribution >= 0.6 is 44.3 Å². The number of hydrogen-bond donors (Lipinski definition) is 3. The first-order valence-electron chi connectivity index (χ1n) is 9.50. The van der Waals surface area contributed by atoms with Crippen molar-refractivity contribution in [2.75, 3.05) is 5.43 Å². The van der Waals surface area contributed by atoms with Gasteiger partial charge in [0, 0.05) is 20.0 Å². The second kappa shape index (κ2) is 9.98. The Kier molecular flexibility index (Phi) is 8.36. The minimum Gasteiger partial charge on any atom is -0.357 e. The van der Waals surface area contributed by atoms with Gasteiger partial charge in [-0.05, 0) is 98.4 Å². The molecule has 4 rings (SSSR count). The molecule has 1 atom stereocenters. The summed E-state index contributed by atoms with van der Waals surface area (Å²) >= 11 is 6.58. The molecule has 1 heterocycles. The molecule has 1 unspecified atom stereocenters. The average Bonchev–Trinajstić information content (AvgIpc) is 3.00. The third kappa shape index (κ3) is 5.55. The number of aryl methyl sites for hydroxylation is 1. The van der Waals surface area contributed by atoms with Gasteiger partial charge in [-0.2, -0.15) is 0 Å². The summed E-state index contributed by atoms with van der Waals surface area (Å²) in [5, 5.41) is 1.05. The van der Waals surface area contributed by atoms with Crippen LogP contribution in [0.25, 0.3) is 10.9 Å². The molecule has 0 saturated carbocycles. The van der Waals surface area contributed by atoms with Crippen molar-refractivity contribution in [1.82, 2.24) is 4.98 Å². The normalized spacial score (nSPS) is 15.7. The summed E-state index contributed by atoms with van der Waals surface area (Å²) < 4.78 is 27.5. The number of hydrazine groups is 1. The Labute approximate surface area is 198 Å². The van der Waals surface area contributed by atoms with Crippen LogP contribution in [0.3, 0.4) is 0 Å². The van der Waals surface area contributed by atoms with Gasteiger partial charge in [-0.1, -0.05) is 20.8 Å². The second-order valence-electron chi connectivity index (χ2n) is 8.47. The van der Waals surface area contributed by atoms with Crippen LogP contribution in [-0.2, 0) is 12.8 Å². The van der Waals surface area contributed by atoms with Gasteiger partial charge in [0.15, 0.2) is 0 Å². The van der Waals surface area contributed by atoms with E-state index in [4.69, 9.17) is 5.84 Å².